The van der Waals surface area contributed by atoms with Crippen molar-refractivity contribution < 1.29 is 17.7 Å². The van der Waals surface area contributed by atoms with Gasteiger partial charge in [0.05, 0.1) is 11.2 Å². The van der Waals surface area contributed by atoms with Gasteiger partial charge in [-0.2, -0.15) is 0 Å². The van der Waals surface area contributed by atoms with Crippen molar-refractivity contribution in [2.24, 2.45) is 5.14 Å². The molecule has 6 nitrogen and oxygen atoms in total. The SMILES string of the molecule is CC1(C)OB(c2ccccc2-c2ccncc2S(N)(=O)=O)OC1(C)C. The summed E-state index contributed by atoms with van der Waals surface area (Å²) in [6.45, 7) is 7.88. The Morgan fingerprint density at radius 3 is 2.20 bits per heavy atom. The highest BCUT2D eigenvalue weighted by molar-refractivity contribution is 7.89. The maximum absolute atomic E-state index is 11.9. The number of benzene rings is 1. The van der Waals surface area contributed by atoms with Gasteiger partial charge in [0.25, 0.3) is 0 Å². The summed E-state index contributed by atoms with van der Waals surface area (Å²) < 4.78 is 36.1. The maximum atomic E-state index is 11.9. The first-order valence-electron chi connectivity index (χ1n) is 7.95. The molecule has 0 radical (unpaired) electrons. The fourth-order valence-corrected chi connectivity index (χ4v) is 3.44. The molecular formula is C17H21BN2O4S. The summed E-state index contributed by atoms with van der Waals surface area (Å²) in [5, 5.41) is 5.35. The fourth-order valence-electron chi connectivity index (χ4n) is 2.75. The predicted molar refractivity (Wildman–Crippen MR) is 96.8 cm³/mol. The van der Waals surface area contributed by atoms with Crippen LogP contribution in [-0.4, -0.2) is 31.7 Å². The van der Waals surface area contributed by atoms with Gasteiger partial charge in [0, 0.05) is 18.0 Å². The molecule has 0 amide bonds. The van der Waals surface area contributed by atoms with E-state index in [0.29, 0.717) is 11.1 Å². The molecule has 132 valence electrons. The smallest absolute Gasteiger partial charge is 0.399 e. The van der Waals surface area contributed by atoms with E-state index in [4.69, 9.17) is 14.4 Å². The molecule has 0 atom stereocenters. The molecule has 0 spiro atoms. The van der Waals surface area contributed by atoms with E-state index >= 15 is 0 Å². The standard InChI is InChI=1S/C17H21BN2O4S/c1-16(2)17(3,4)24-18(23-16)14-8-6-5-7-12(14)13-9-10-20-11-15(13)25(19,21)22/h5-11H,1-4H3,(H2,19,21,22). The molecule has 1 fully saturated rings. The summed E-state index contributed by atoms with van der Waals surface area (Å²) >= 11 is 0. The molecule has 25 heavy (non-hydrogen) atoms. The Morgan fingerprint density at radius 1 is 1.00 bits per heavy atom. The monoisotopic (exact) mass is 360 g/mol. The highest BCUT2D eigenvalue weighted by Crippen LogP contribution is 2.37. The lowest BCUT2D eigenvalue weighted by Crippen LogP contribution is -2.41. The first-order chi connectivity index (χ1) is 11.5. The summed E-state index contributed by atoms with van der Waals surface area (Å²) in [4.78, 5) is 3.86. The van der Waals surface area contributed by atoms with Crippen molar-refractivity contribution in [3.05, 3.63) is 42.7 Å². The first-order valence-corrected chi connectivity index (χ1v) is 9.49. The van der Waals surface area contributed by atoms with Crippen molar-refractivity contribution in [1.29, 1.82) is 0 Å². The van der Waals surface area contributed by atoms with Gasteiger partial charge in [0.15, 0.2) is 0 Å². The molecule has 2 N–H and O–H groups in total. The van der Waals surface area contributed by atoms with Crippen molar-refractivity contribution in [3.8, 4) is 11.1 Å². The molecule has 2 aromatic rings. The van der Waals surface area contributed by atoms with E-state index in [1.165, 1.54) is 12.4 Å². The molecule has 1 aliphatic heterocycles. The maximum Gasteiger partial charge on any atom is 0.495 e. The van der Waals surface area contributed by atoms with E-state index in [0.717, 1.165) is 5.46 Å². The van der Waals surface area contributed by atoms with Crippen LogP contribution in [0.15, 0.2) is 47.6 Å². The lowest BCUT2D eigenvalue weighted by atomic mass is 9.74. The first kappa shape index (κ1) is 18.1. The summed E-state index contributed by atoms with van der Waals surface area (Å²) in [5.74, 6) is 0. The number of sulfonamides is 1. The minimum atomic E-state index is -3.91. The molecule has 1 aliphatic rings. The van der Waals surface area contributed by atoms with Crippen LogP contribution in [0.1, 0.15) is 27.7 Å². The molecule has 1 aromatic carbocycles. The fraction of sp³-hybridized carbons (Fsp3) is 0.353. The highest BCUT2D eigenvalue weighted by Gasteiger charge is 2.52. The number of hydrogen-bond donors (Lipinski definition) is 1. The van der Waals surface area contributed by atoms with Gasteiger partial charge in [-0.25, -0.2) is 13.6 Å². The Bertz CT molecular complexity index is 896. The van der Waals surface area contributed by atoms with E-state index in [1.54, 1.807) is 6.07 Å². The third-order valence-corrected chi connectivity index (χ3v) is 5.79. The van der Waals surface area contributed by atoms with Crippen molar-refractivity contribution in [2.75, 3.05) is 0 Å². The Morgan fingerprint density at radius 2 is 1.60 bits per heavy atom. The van der Waals surface area contributed by atoms with Gasteiger partial charge in [-0.05, 0) is 44.8 Å². The van der Waals surface area contributed by atoms with E-state index in [1.807, 2.05) is 52.0 Å². The lowest BCUT2D eigenvalue weighted by molar-refractivity contribution is 0.00578. The van der Waals surface area contributed by atoms with Crippen LogP contribution < -0.4 is 10.6 Å². The van der Waals surface area contributed by atoms with E-state index in [9.17, 15) is 8.42 Å². The van der Waals surface area contributed by atoms with Gasteiger partial charge < -0.3 is 9.31 Å². The summed E-state index contributed by atoms with van der Waals surface area (Å²) in [5.41, 5.74) is 0.921. The normalized spacial score (nSPS) is 19.2. The largest absolute Gasteiger partial charge is 0.495 e. The highest BCUT2D eigenvalue weighted by atomic mass is 32.2. The van der Waals surface area contributed by atoms with Crippen molar-refractivity contribution in [1.82, 2.24) is 4.98 Å². The van der Waals surface area contributed by atoms with Crippen LogP contribution in [0.5, 0.6) is 0 Å². The average molecular weight is 360 g/mol. The van der Waals surface area contributed by atoms with Gasteiger partial charge in [-0.15, -0.1) is 0 Å². The Balaban J connectivity index is 2.14. The second kappa shape index (κ2) is 5.91. The zero-order valence-corrected chi connectivity index (χ0v) is 15.5. The molecule has 8 heteroatoms. The quantitative estimate of drug-likeness (QED) is 0.842. The lowest BCUT2D eigenvalue weighted by Gasteiger charge is -2.32. The third kappa shape index (κ3) is 3.22. The topological polar surface area (TPSA) is 91.5 Å². The summed E-state index contributed by atoms with van der Waals surface area (Å²) in [7, 11) is -4.52. The van der Waals surface area contributed by atoms with Crippen molar-refractivity contribution >= 4 is 22.6 Å². The van der Waals surface area contributed by atoms with Crippen LogP contribution in [0.2, 0.25) is 0 Å². The minimum absolute atomic E-state index is 0.0287. The summed E-state index contributed by atoms with van der Waals surface area (Å²) in [6.07, 6.45) is 2.79. The number of pyridine rings is 1. The molecule has 2 heterocycles. The molecule has 1 saturated heterocycles. The second-order valence-electron chi connectivity index (χ2n) is 7.09. The molecule has 0 bridgehead atoms. The van der Waals surface area contributed by atoms with Crippen LogP contribution in [-0.2, 0) is 19.3 Å². The van der Waals surface area contributed by atoms with Gasteiger partial charge in [-0.1, -0.05) is 24.3 Å². The van der Waals surface area contributed by atoms with Crippen LogP contribution in [0, 0.1) is 0 Å². The zero-order valence-electron chi connectivity index (χ0n) is 14.7. The molecule has 0 saturated carbocycles. The molecule has 0 aliphatic carbocycles. The number of rotatable bonds is 3. The molecule has 0 unspecified atom stereocenters. The van der Waals surface area contributed by atoms with Crippen LogP contribution >= 0.6 is 0 Å². The van der Waals surface area contributed by atoms with Gasteiger partial charge in [0.1, 0.15) is 4.90 Å². The number of primary sulfonamides is 1. The third-order valence-electron chi connectivity index (χ3n) is 4.85. The Kier molecular flexibility index (Phi) is 4.27. The average Bonchev–Trinajstić information content (AvgIpc) is 2.74. The molecule has 1 aromatic heterocycles. The number of nitrogens with two attached hydrogens (primary N) is 1. The Labute approximate surface area is 148 Å². The Hall–Kier alpha value is -1.74. The number of hydrogen-bond acceptors (Lipinski definition) is 5. The van der Waals surface area contributed by atoms with Gasteiger partial charge >= 0.3 is 7.12 Å². The van der Waals surface area contributed by atoms with Crippen molar-refractivity contribution in [3.63, 3.8) is 0 Å². The van der Waals surface area contributed by atoms with Crippen molar-refractivity contribution in [2.45, 2.75) is 43.8 Å². The van der Waals surface area contributed by atoms with E-state index in [-0.39, 0.29) is 4.90 Å². The predicted octanol–water partition coefficient (Wildman–Crippen LogP) is 1.70. The van der Waals surface area contributed by atoms with E-state index in [2.05, 4.69) is 4.98 Å². The van der Waals surface area contributed by atoms with Crippen LogP contribution in [0.25, 0.3) is 11.1 Å². The van der Waals surface area contributed by atoms with Crippen LogP contribution in [0.4, 0.5) is 0 Å². The van der Waals surface area contributed by atoms with Crippen LogP contribution in [0.3, 0.4) is 0 Å². The zero-order chi connectivity index (χ0) is 18.5. The second-order valence-corrected chi connectivity index (χ2v) is 8.62. The number of nitrogens with zero attached hydrogens (tertiary/aromatic N) is 1. The molecule has 3 rings (SSSR count). The number of aromatic nitrogens is 1. The molecular weight excluding hydrogens is 339 g/mol. The van der Waals surface area contributed by atoms with E-state index < -0.39 is 28.3 Å². The minimum Gasteiger partial charge on any atom is -0.399 e. The van der Waals surface area contributed by atoms with Gasteiger partial charge in [0.2, 0.25) is 10.0 Å². The van der Waals surface area contributed by atoms with Gasteiger partial charge in [-0.3, -0.25) is 4.98 Å². The summed E-state index contributed by atoms with van der Waals surface area (Å²) in [6, 6.07) is 9.01.